The van der Waals surface area contributed by atoms with Gasteiger partial charge in [0.05, 0.1) is 12.1 Å². The Morgan fingerprint density at radius 3 is 2.76 bits per heavy atom. The van der Waals surface area contributed by atoms with E-state index < -0.39 is 0 Å². The average Bonchev–Trinajstić information content (AvgIpc) is 2.40. The van der Waals surface area contributed by atoms with Crippen LogP contribution in [0.4, 0.5) is 0 Å². The molecule has 0 aromatic heterocycles. The Bertz CT molecular complexity index is 335. The third-order valence-electron chi connectivity index (χ3n) is 3.74. The van der Waals surface area contributed by atoms with Gasteiger partial charge in [-0.05, 0) is 32.0 Å². The zero-order chi connectivity index (χ0) is 12.1. The Balaban J connectivity index is 1.98. The number of nitrogens with zero attached hydrogens (tertiary/aromatic N) is 1. The number of hydrogen-bond donors (Lipinski definition) is 2. The molecule has 1 aromatic rings. The van der Waals surface area contributed by atoms with Crippen LogP contribution >= 0.6 is 0 Å². The molecule has 0 bridgehead atoms. The Kier molecular flexibility index (Phi) is 4.15. The first kappa shape index (κ1) is 12.6. The van der Waals surface area contributed by atoms with Crippen molar-refractivity contribution in [1.82, 2.24) is 10.2 Å². The second kappa shape index (κ2) is 5.63. The fraction of sp³-hybridized carbons (Fsp3) is 0.571. The molecule has 2 N–H and O–H groups in total. The summed E-state index contributed by atoms with van der Waals surface area (Å²) in [5.74, 6) is 0. The molecule has 94 valence electrons. The Morgan fingerprint density at radius 2 is 2.12 bits per heavy atom. The largest absolute Gasteiger partial charge is 0.394 e. The van der Waals surface area contributed by atoms with E-state index in [9.17, 15) is 5.11 Å². The van der Waals surface area contributed by atoms with Crippen molar-refractivity contribution in [2.24, 2.45) is 0 Å². The van der Waals surface area contributed by atoms with Gasteiger partial charge in [-0.15, -0.1) is 0 Å². The number of nitrogens with one attached hydrogen (secondary N) is 1. The number of piperidine rings is 1. The summed E-state index contributed by atoms with van der Waals surface area (Å²) >= 11 is 0. The molecule has 1 aliphatic heterocycles. The first-order valence-corrected chi connectivity index (χ1v) is 6.34. The molecule has 0 aliphatic carbocycles. The quantitative estimate of drug-likeness (QED) is 0.822. The van der Waals surface area contributed by atoms with E-state index in [0.717, 1.165) is 32.5 Å². The van der Waals surface area contributed by atoms with Crippen molar-refractivity contribution in [3.8, 4) is 0 Å². The average molecular weight is 234 g/mol. The van der Waals surface area contributed by atoms with Crippen molar-refractivity contribution < 1.29 is 5.11 Å². The number of aliphatic hydroxyl groups is 1. The lowest BCUT2D eigenvalue weighted by Crippen LogP contribution is -2.57. The molecule has 0 amide bonds. The van der Waals surface area contributed by atoms with Gasteiger partial charge in [0.1, 0.15) is 0 Å². The summed E-state index contributed by atoms with van der Waals surface area (Å²) < 4.78 is 0. The summed E-state index contributed by atoms with van der Waals surface area (Å²) in [6, 6.07) is 10.5. The highest BCUT2D eigenvalue weighted by Gasteiger charge is 2.33. The Labute approximate surface area is 103 Å². The van der Waals surface area contributed by atoms with E-state index in [2.05, 4.69) is 34.5 Å². The fourth-order valence-corrected chi connectivity index (χ4v) is 2.62. The molecule has 3 nitrogen and oxygen atoms in total. The lowest BCUT2D eigenvalue weighted by Gasteiger charge is -2.41. The third-order valence-corrected chi connectivity index (χ3v) is 3.74. The van der Waals surface area contributed by atoms with Crippen LogP contribution < -0.4 is 5.32 Å². The van der Waals surface area contributed by atoms with Crippen molar-refractivity contribution in [2.75, 3.05) is 26.7 Å². The lowest BCUT2D eigenvalue weighted by atomic mass is 9.90. The van der Waals surface area contributed by atoms with Crippen molar-refractivity contribution >= 4 is 0 Å². The molecular formula is C14H22N2O. The van der Waals surface area contributed by atoms with Crippen molar-refractivity contribution in [3.05, 3.63) is 35.9 Å². The van der Waals surface area contributed by atoms with Gasteiger partial charge >= 0.3 is 0 Å². The predicted octanol–water partition coefficient (Wildman–Crippen LogP) is 1.23. The second-order valence-corrected chi connectivity index (χ2v) is 4.99. The van der Waals surface area contributed by atoms with Gasteiger partial charge in [-0.3, -0.25) is 4.90 Å². The number of rotatable bonds is 4. The smallest absolute Gasteiger partial charge is 0.0625 e. The van der Waals surface area contributed by atoms with Crippen LogP contribution in [-0.2, 0) is 6.54 Å². The summed E-state index contributed by atoms with van der Waals surface area (Å²) in [6.07, 6.45) is 2.21. The molecule has 0 radical (unpaired) electrons. The summed E-state index contributed by atoms with van der Waals surface area (Å²) in [4.78, 5) is 2.42. The van der Waals surface area contributed by atoms with Gasteiger partial charge in [-0.1, -0.05) is 30.3 Å². The highest BCUT2D eigenvalue weighted by molar-refractivity contribution is 5.14. The summed E-state index contributed by atoms with van der Waals surface area (Å²) in [5.41, 5.74) is 1.24. The maximum Gasteiger partial charge on any atom is 0.0625 e. The Hall–Kier alpha value is -0.900. The van der Waals surface area contributed by atoms with Crippen molar-refractivity contribution in [3.63, 3.8) is 0 Å². The molecule has 17 heavy (non-hydrogen) atoms. The zero-order valence-electron chi connectivity index (χ0n) is 10.5. The normalized spacial score (nSPS) is 26.0. The molecule has 0 saturated carbocycles. The van der Waals surface area contributed by atoms with E-state index in [1.54, 1.807) is 0 Å². The minimum absolute atomic E-state index is 0.104. The van der Waals surface area contributed by atoms with E-state index in [4.69, 9.17) is 0 Å². The fourth-order valence-electron chi connectivity index (χ4n) is 2.62. The maximum atomic E-state index is 9.54. The number of likely N-dealkylation sites (N-methyl/N-ethyl adjacent to an activating group) is 1. The number of aliphatic hydroxyl groups excluding tert-OH is 1. The molecule has 3 heteroatoms. The third kappa shape index (κ3) is 3.06. The van der Waals surface area contributed by atoms with E-state index in [1.165, 1.54) is 5.56 Å². The zero-order valence-corrected chi connectivity index (χ0v) is 10.5. The number of likely N-dealkylation sites (tertiary alicyclic amines) is 1. The van der Waals surface area contributed by atoms with E-state index >= 15 is 0 Å². The monoisotopic (exact) mass is 234 g/mol. The van der Waals surface area contributed by atoms with E-state index in [-0.39, 0.29) is 12.1 Å². The number of benzene rings is 1. The van der Waals surface area contributed by atoms with Gasteiger partial charge < -0.3 is 10.4 Å². The highest BCUT2D eigenvalue weighted by atomic mass is 16.3. The summed E-state index contributed by atoms with van der Waals surface area (Å²) in [6.45, 7) is 3.24. The minimum atomic E-state index is -0.104. The SMILES string of the molecule is CNC1(CO)CCCN(Cc2ccccc2)C1. The second-order valence-electron chi connectivity index (χ2n) is 4.99. The van der Waals surface area contributed by atoms with Crippen LogP contribution in [0.5, 0.6) is 0 Å². The van der Waals surface area contributed by atoms with Crippen LogP contribution in [0, 0.1) is 0 Å². The molecule has 1 aromatic carbocycles. The predicted molar refractivity (Wildman–Crippen MR) is 69.8 cm³/mol. The minimum Gasteiger partial charge on any atom is -0.394 e. The first-order chi connectivity index (χ1) is 8.28. The molecule has 1 saturated heterocycles. The molecular weight excluding hydrogens is 212 g/mol. The van der Waals surface area contributed by atoms with Gasteiger partial charge in [-0.25, -0.2) is 0 Å². The van der Waals surface area contributed by atoms with Crippen molar-refractivity contribution in [2.45, 2.75) is 24.9 Å². The molecule has 2 rings (SSSR count). The van der Waals surface area contributed by atoms with Crippen LogP contribution in [-0.4, -0.2) is 42.3 Å². The van der Waals surface area contributed by atoms with Crippen LogP contribution in [0.15, 0.2) is 30.3 Å². The Morgan fingerprint density at radius 1 is 1.35 bits per heavy atom. The van der Waals surface area contributed by atoms with Crippen LogP contribution in [0.3, 0.4) is 0 Å². The maximum absolute atomic E-state index is 9.54. The van der Waals surface area contributed by atoms with Gasteiger partial charge in [-0.2, -0.15) is 0 Å². The molecule has 0 spiro atoms. The summed E-state index contributed by atoms with van der Waals surface area (Å²) in [7, 11) is 1.95. The highest BCUT2D eigenvalue weighted by Crippen LogP contribution is 2.21. The summed E-state index contributed by atoms with van der Waals surface area (Å²) in [5, 5.41) is 12.8. The lowest BCUT2D eigenvalue weighted by molar-refractivity contribution is 0.0690. The van der Waals surface area contributed by atoms with Gasteiger partial charge in [0.25, 0.3) is 0 Å². The van der Waals surface area contributed by atoms with Gasteiger partial charge in [0.15, 0.2) is 0 Å². The van der Waals surface area contributed by atoms with Gasteiger partial charge in [0.2, 0.25) is 0 Å². The molecule has 1 heterocycles. The topological polar surface area (TPSA) is 35.5 Å². The molecule has 1 atom stereocenters. The van der Waals surface area contributed by atoms with Crippen LogP contribution in [0.1, 0.15) is 18.4 Å². The molecule has 1 fully saturated rings. The van der Waals surface area contributed by atoms with E-state index in [0.29, 0.717) is 0 Å². The molecule has 1 aliphatic rings. The van der Waals surface area contributed by atoms with Crippen LogP contribution in [0.25, 0.3) is 0 Å². The number of hydrogen-bond acceptors (Lipinski definition) is 3. The standard InChI is InChI=1S/C14H22N2O/c1-15-14(12-17)8-5-9-16(11-14)10-13-6-3-2-4-7-13/h2-4,6-7,15,17H,5,8-12H2,1H3. The first-order valence-electron chi connectivity index (χ1n) is 6.34. The van der Waals surface area contributed by atoms with Crippen LogP contribution in [0.2, 0.25) is 0 Å². The molecule has 1 unspecified atom stereocenters. The van der Waals surface area contributed by atoms with Crippen molar-refractivity contribution in [1.29, 1.82) is 0 Å². The van der Waals surface area contributed by atoms with Gasteiger partial charge in [0, 0.05) is 13.1 Å². The van der Waals surface area contributed by atoms with E-state index in [1.807, 2.05) is 13.1 Å².